The summed E-state index contributed by atoms with van der Waals surface area (Å²) in [5, 5.41) is 4.67. The maximum absolute atomic E-state index is 6.40. The van der Waals surface area contributed by atoms with Gasteiger partial charge in [0.1, 0.15) is 11.2 Å². The highest BCUT2D eigenvalue weighted by molar-refractivity contribution is 6.13. The molecule has 2 heteroatoms. The molecule has 10 aromatic rings. The predicted octanol–water partition coefficient (Wildman–Crippen LogP) is 14.9. The summed E-state index contributed by atoms with van der Waals surface area (Å²) in [7, 11) is 0. The number of hydrogen-bond donors (Lipinski definition) is 0. The van der Waals surface area contributed by atoms with Gasteiger partial charge in [-0.2, -0.15) is 0 Å². The van der Waals surface area contributed by atoms with E-state index in [0.717, 1.165) is 44.6 Å². The summed E-state index contributed by atoms with van der Waals surface area (Å²) < 4.78 is 6.40. The highest BCUT2D eigenvalue weighted by Gasteiger charge is 2.20. The van der Waals surface area contributed by atoms with Crippen molar-refractivity contribution in [3.63, 3.8) is 0 Å². The first kappa shape index (κ1) is 31.6. The highest BCUT2D eigenvalue weighted by atomic mass is 16.3. The standard InChI is InChI=1S/C52H35NO/c1-3-13-36(14-4-1)37-25-27-38(28-26-37)42-18-11-19-44(35-42)53(48-22-12-24-50-52(48)47-21-9-10-23-49(47)54-50)43-32-29-40(30-33-43)46-34-31-39-15-7-8-20-45(39)51(46)41-16-5-2-6-17-41/h1-35H. The van der Waals surface area contributed by atoms with E-state index in [9.17, 15) is 0 Å². The van der Waals surface area contributed by atoms with E-state index < -0.39 is 0 Å². The molecule has 9 aromatic carbocycles. The van der Waals surface area contributed by atoms with Crippen molar-refractivity contribution in [2.24, 2.45) is 0 Å². The van der Waals surface area contributed by atoms with Crippen molar-refractivity contribution in [3.05, 3.63) is 212 Å². The van der Waals surface area contributed by atoms with Gasteiger partial charge in [0.2, 0.25) is 0 Å². The van der Waals surface area contributed by atoms with Crippen molar-refractivity contribution in [2.75, 3.05) is 4.90 Å². The molecule has 0 N–H and O–H groups in total. The van der Waals surface area contributed by atoms with Gasteiger partial charge < -0.3 is 9.32 Å². The van der Waals surface area contributed by atoms with Crippen LogP contribution in [0, 0.1) is 0 Å². The van der Waals surface area contributed by atoms with Crippen LogP contribution in [0.2, 0.25) is 0 Å². The molecule has 0 amide bonds. The third kappa shape index (κ3) is 5.62. The minimum Gasteiger partial charge on any atom is -0.456 e. The quantitative estimate of drug-likeness (QED) is 0.166. The number of rotatable bonds is 7. The van der Waals surface area contributed by atoms with Crippen LogP contribution in [0.3, 0.4) is 0 Å². The molecule has 0 radical (unpaired) electrons. The van der Waals surface area contributed by atoms with Crippen molar-refractivity contribution >= 4 is 49.8 Å². The Bertz CT molecular complexity index is 2910. The Kier molecular flexibility index (Phi) is 7.85. The predicted molar refractivity (Wildman–Crippen MR) is 228 cm³/mol. The minimum absolute atomic E-state index is 0.867. The third-order valence-electron chi connectivity index (χ3n) is 10.5. The second kappa shape index (κ2) is 13.4. The number of para-hydroxylation sites is 1. The van der Waals surface area contributed by atoms with Crippen LogP contribution < -0.4 is 4.90 Å². The number of hydrogen-bond acceptors (Lipinski definition) is 2. The summed E-state index contributed by atoms with van der Waals surface area (Å²) in [5.74, 6) is 0. The van der Waals surface area contributed by atoms with Crippen molar-refractivity contribution in [1.82, 2.24) is 0 Å². The number of anilines is 3. The molecule has 54 heavy (non-hydrogen) atoms. The molecule has 2 nitrogen and oxygen atoms in total. The highest BCUT2D eigenvalue weighted by Crippen LogP contribution is 2.45. The van der Waals surface area contributed by atoms with Crippen LogP contribution in [0.5, 0.6) is 0 Å². The molecular weight excluding hydrogens is 655 g/mol. The van der Waals surface area contributed by atoms with Gasteiger partial charge >= 0.3 is 0 Å². The summed E-state index contributed by atoms with van der Waals surface area (Å²) in [6.45, 7) is 0. The van der Waals surface area contributed by atoms with Crippen LogP contribution >= 0.6 is 0 Å². The largest absolute Gasteiger partial charge is 0.456 e. The Morgan fingerprint density at radius 3 is 1.69 bits per heavy atom. The topological polar surface area (TPSA) is 16.4 Å². The number of fused-ring (bicyclic) bond motifs is 4. The maximum Gasteiger partial charge on any atom is 0.137 e. The van der Waals surface area contributed by atoms with Crippen LogP contribution in [-0.4, -0.2) is 0 Å². The molecule has 0 spiro atoms. The zero-order valence-corrected chi connectivity index (χ0v) is 29.6. The normalized spacial score (nSPS) is 11.3. The first-order valence-corrected chi connectivity index (χ1v) is 18.4. The molecule has 0 saturated heterocycles. The zero-order valence-electron chi connectivity index (χ0n) is 29.6. The zero-order chi connectivity index (χ0) is 35.8. The SMILES string of the molecule is c1ccc(-c2ccc(-c3cccc(N(c4ccc(-c5ccc6ccccc6c5-c5ccccc5)cc4)c4cccc5oc6ccccc6c45)c3)cc2)cc1. The number of nitrogens with zero attached hydrogens (tertiary/aromatic N) is 1. The van der Waals surface area contributed by atoms with Crippen LogP contribution in [0.25, 0.3) is 77.2 Å². The summed E-state index contributed by atoms with van der Waals surface area (Å²) in [4.78, 5) is 2.37. The van der Waals surface area contributed by atoms with Crippen LogP contribution in [0.1, 0.15) is 0 Å². The first-order chi connectivity index (χ1) is 26.8. The molecule has 0 aliphatic carbocycles. The van der Waals surface area contributed by atoms with E-state index in [0.29, 0.717) is 0 Å². The first-order valence-electron chi connectivity index (χ1n) is 18.4. The lowest BCUT2D eigenvalue weighted by molar-refractivity contribution is 0.669. The number of furan rings is 1. The van der Waals surface area contributed by atoms with Gasteiger partial charge in [-0.05, 0) is 97.7 Å². The molecule has 0 aliphatic heterocycles. The van der Waals surface area contributed by atoms with Gasteiger partial charge in [-0.3, -0.25) is 0 Å². The fourth-order valence-corrected chi connectivity index (χ4v) is 7.90. The lowest BCUT2D eigenvalue weighted by Gasteiger charge is -2.27. The van der Waals surface area contributed by atoms with E-state index in [1.807, 2.05) is 12.1 Å². The Labute approximate surface area is 314 Å². The monoisotopic (exact) mass is 689 g/mol. The van der Waals surface area contributed by atoms with Gasteiger partial charge in [0.05, 0.1) is 11.1 Å². The maximum atomic E-state index is 6.40. The Morgan fingerprint density at radius 2 is 0.907 bits per heavy atom. The van der Waals surface area contributed by atoms with Gasteiger partial charge in [-0.25, -0.2) is 0 Å². The lowest BCUT2D eigenvalue weighted by Crippen LogP contribution is -2.10. The average Bonchev–Trinajstić information content (AvgIpc) is 3.64. The van der Waals surface area contributed by atoms with Crippen LogP contribution in [0.15, 0.2) is 217 Å². The molecule has 0 atom stereocenters. The van der Waals surface area contributed by atoms with Crippen LogP contribution in [-0.2, 0) is 0 Å². The third-order valence-corrected chi connectivity index (χ3v) is 10.5. The summed E-state index contributed by atoms with van der Waals surface area (Å²) in [6, 6.07) is 75.9. The van der Waals surface area contributed by atoms with Gasteiger partial charge in [-0.15, -0.1) is 0 Å². The molecule has 0 bridgehead atoms. The van der Waals surface area contributed by atoms with Gasteiger partial charge in [0, 0.05) is 16.8 Å². The van der Waals surface area contributed by atoms with Gasteiger partial charge in [-0.1, -0.05) is 170 Å². The molecule has 0 aliphatic rings. The summed E-state index contributed by atoms with van der Waals surface area (Å²) >= 11 is 0. The fourth-order valence-electron chi connectivity index (χ4n) is 7.90. The summed E-state index contributed by atoms with van der Waals surface area (Å²) in [6.07, 6.45) is 0. The molecule has 0 unspecified atom stereocenters. The van der Waals surface area contributed by atoms with Gasteiger partial charge in [0.15, 0.2) is 0 Å². The molecule has 10 rings (SSSR count). The molecule has 1 aromatic heterocycles. The number of benzene rings is 9. The molecule has 254 valence electrons. The van der Waals surface area contributed by atoms with Crippen molar-refractivity contribution in [2.45, 2.75) is 0 Å². The Hall–Kier alpha value is -7.16. The minimum atomic E-state index is 0.867. The molecule has 1 heterocycles. The van der Waals surface area contributed by atoms with E-state index in [1.54, 1.807) is 0 Å². The molecular formula is C52H35NO. The van der Waals surface area contributed by atoms with E-state index in [1.165, 1.54) is 49.7 Å². The lowest BCUT2D eigenvalue weighted by atomic mass is 9.90. The average molecular weight is 690 g/mol. The second-order valence-corrected chi connectivity index (χ2v) is 13.7. The van der Waals surface area contributed by atoms with E-state index in [2.05, 4.69) is 205 Å². The Balaban J connectivity index is 1.12. The second-order valence-electron chi connectivity index (χ2n) is 13.7. The van der Waals surface area contributed by atoms with E-state index in [-0.39, 0.29) is 0 Å². The smallest absolute Gasteiger partial charge is 0.137 e. The molecule has 0 fully saturated rings. The summed E-state index contributed by atoms with van der Waals surface area (Å²) in [5.41, 5.74) is 14.5. The van der Waals surface area contributed by atoms with E-state index >= 15 is 0 Å². The van der Waals surface area contributed by atoms with Crippen molar-refractivity contribution in [3.8, 4) is 44.5 Å². The van der Waals surface area contributed by atoms with Gasteiger partial charge in [0.25, 0.3) is 0 Å². The fraction of sp³-hybridized carbons (Fsp3) is 0. The van der Waals surface area contributed by atoms with E-state index in [4.69, 9.17) is 4.42 Å². The van der Waals surface area contributed by atoms with Crippen LogP contribution in [0.4, 0.5) is 17.1 Å². The Morgan fingerprint density at radius 1 is 0.333 bits per heavy atom. The molecule has 0 saturated carbocycles. The van der Waals surface area contributed by atoms with Crippen molar-refractivity contribution < 1.29 is 4.42 Å². The van der Waals surface area contributed by atoms with Crippen molar-refractivity contribution in [1.29, 1.82) is 0 Å².